The summed E-state index contributed by atoms with van der Waals surface area (Å²) in [7, 11) is 0. The lowest BCUT2D eigenvalue weighted by atomic mass is 10.1. The van der Waals surface area contributed by atoms with Crippen molar-refractivity contribution in [2.24, 2.45) is 0 Å². The van der Waals surface area contributed by atoms with E-state index in [0.29, 0.717) is 22.1 Å². The number of rotatable bonds is 7. The first-order valence-corrected chi connectivity index (χ1v) is 10.5. The van der Waals surface area contributed by atoms with Crippen molar-refractivity contribution < 1.29 is 18.3 Å². The fourth-order valence-corrected chi connectivity index (χ4v) is 4.18. The highest BCUT2D eigenvalue weighted by Gasteiger charge is 2.15. The lowest BCUT2D eigenvalue weighted by molar-refractivity contribution is -0.115. The van der Waals surface area contributed by atoms with E-state index >= 15 is 0 Å². The Morgan fingerprint density at radius 3 is 2.67 bits per heavy atom. The summed E-state index contributed by atoms with van der Waals surface area (Å²) in [5.41, 5.74) is 2.25. The van der Waals surface area contributed by atoms with Gasteiger partial charge in [-0.2, -0.15) is 8.78 Å². The molecule has 0 atom stereocenters. The molecule has 0 spiro atoms. The number of aromatic nitrogens is 3. The molecule has 1 N–H and O–H groups in total. The quantitative estimate of drug-likeness (QED) is 0.429. The van der Waals surface area contributed by atoms with Crippen molar-refractivity contribution in [3.63, 3.8) is 0 Å². The minimum absolute atomic E-state index is 0.0280. The summed E-state index contributed by atoms with van der Waals surface area (Å²) in [4.78, 5) is 25.4. The van der Waals surface area contributed by atoms with E-state index < -0.39 is 6.61 Å². The zero-order chi connectivity index (χ0) is 20.9. The monoisotopic (exact) mass is 444 g/mol. The Hall–Kier alpha value is -3.24. The minimum Gasteiger partial charge on any atom is -0.434 e. The van der Waals surface area contributed by atoms with Gasteiger partial charge in [0.2, 0.25) is 5.91 Å². The van der Waals surface area contributed by atoms with Gasteiger partial charge in [0.1, 0.15) is 10.8 Å². The molecule has 4 rings (SSSR count). The topological polar surface area (TPSA) is 77.0 Å². The number of pyridine rings is 1. The van der Waals surface area contributed by atoms with Crippen LogP contribution < -0.4 is 10.1 Å². The zero-order valence-corrected chi connectivity index (χ0v) is 16.9. The summed E-state index contributed by atoms with van der Waals surface area (Å²) in [6.45, 7) is -2.93. The van der Waals surface area contributed by atoms with Crippen LogP contribution >= 0.6 is 22.7 Å². The van der Waals surface area contributed by atoms with Gasteiger partial charge in [-0.3, -0.25) is 9.78 Å². The van der Waals surface area contributed by atoms with Gasteiger partial charge >= 0.3 is 6.61 Å². The Morgan fingerprint density at radius 1 is 1.03 bits per heavy atom. The fourth-order valence-electron chi connectivity index (χ4n) is 2.65. The number of carbonyl (C=O) groups is 1. The fraction of sp³-hybridized carbons (Fsp3) is 0.100. The number of para-hydroxylation sites is 1. The van der Waals surface area contributed by atoms with E-state index in [4.69, 9.17) is 0 Å². The maximum absolute atomic E-state index is 12.6. The van der Waals surface area contributed by atoms with Crippen LogP contribution in [0.2, 0.25) is 0 Å². The maximum atomic E-state index is 12.6. The molecule has 152 valence electrons. The van der Waals surface area contributed by atoms with Crippen LogP contribution in [0.15, 0.2) is 59.4 Å². The number of hydrogen-bond donors (Lipinski definition) is 1. The van der Waals surface area contributed by atoms with Gasteiger partial charge in [-0.05, 0) is 24.3 Å². The van der Waals surface area contributed by atoms with Crippen LogP contribution in [-0.2, 0) is 11.2 Å². The summed E-state index contributed by atoms with van der Waals surface area (Å²) < 4.78 is 29.7. The summed E-state index contributed by atoms with van der Waals surface area (Å²) in [6.07, 6.45) is 1.77. The Bertz CT molecular complexity index is 1150. The maximum Gasteiger partial charge on any atom is 0.387 e. The second kappa shape index (κ2) is 9.06. The van der Waals surface area contributed by atoms with Crippen molar-refractivity contribution in [3.8, 4) is 27.7 Å². The molecule has 4 aromatic rings. The van der Waals surface area contributed by atoms with Crippen molar-refractivity contribution in [1.82, 2.24) is 15.0 Å². The molecule has 0 aliphatic rings. The molecule has 1 amide bonds. The molecular weight excluding hydrogens is 430 g/mol. The molecule has 0 bridgehead atoms. The molecule has 0 unspecified atom stereocenters. The van der Waals surface area contributed by atoms with Crippen molar-refractivity contribution in [1.29, 1.82) is 0 Å². The predicted molar refractivity (Wildman–Crippen MR) is 112 cm³/mol. The Labute approximate surface area is 178 Å². The third-order valence-electron chi connectivity index (χ3n) is 3.91. The van der Waals surface area contributed by atoms with Crippen molar-refractivity contribution >= 4 is 33.7 Å². The first-order chi connectivity index (χ1) is 14.6. The van der Waals surface area contributed by atoms with E-state index in [1.54, 1.807) is 29.8 Å². The average Bonchev–Trinajstić information content (AvgIpc) is 3.38. The van der Waals surface area contributed by atoms with Crippen LogP contribution in [0.4, 0.5) is 13.9 Å². The molecule has 0 aliphatic heterocycles. The largest absolute Gasteiger partial charge is 0.434 e. The van der Waals surface area contributed by atoms with E-state index in [0.717, 1.165) is 10.7 Å². The van der Waals surface area contributed by atoms with E-state index in [2.05, 4.69) is 25.0 Å². The molecule has 1 aromatic carbocycles. The molecule has 3 heterocycles. The van der Waals surface area contributed by atoms with Crippen LogP contribution in [0.3, 0.4) is 0 Å². The summed E-state index contributed by atoms with van der Waals surface area (Å²) in [6, 6.07) is 11.9. The van der Waals surface area contributed by atoms with Crippen molar-refractivity contribution in [3.05, 3.63) is 65.1 Å². The van der Waals surface area contributed by atoms with Crippen LogP contribution in [0.5, 0.6) is 5.75 Å². The summed E-state index contributed by atoms with van der Waals surface area (Å²) in [5, 5.41) is 7.31. The third kappa shape index (κ3) is 4.84. The smallest absolute Gasteiger partial charge is 0.387 e. The molecule has 6 nitrogen and oxygen atoms in total. The lowest BCUT2D eigenvalue weighted by Gasteiger charge is -2.08. The Morgan fingerprint density at radius 2 is 1.87 bits per heavy atom. The predicted octanol–water partition coefficient (Wildman–Crippen LogP) is 5.11. The SMILES string of the molecule is O=C(Cc1csc(-c2ccccn2)n1)Nc1nc(-c2ccccc2OC(F)F)cs1. The molecule has 10 heteroatoms. The Balaban J connectivity index is 1.42. The number of halogens is 2. The summed E-state index contributed by atoms with van der Waals surface area (Å²) in [5.74, 6) is -0.244. The molecule has 3 aromatic heterocycles. The van der Waals surface area contributed by atoms with Gasteiger partial charge in [-0.1, -0.05) is 18.2 Å². The lowest BCUT2D eigenvalue weighted by Crippen LogP contribution is -2.14. The number of alkyl halides is 2. The van der Waals surface area contributed by atoms with E-state index in [1.165, 1.54) is 28.7 Å². The number of thiazole rings is 2. The number of carbonyl (C=O) groups excluding carboxylic acids is 1. The number of hydrogen-bond acceptors (Lipinski definition) is 7. The number of benzene rings is 1. The van der Waals surface area contributed by atoms with E-state index in [1.807, 2.05) is 23.6 Å². The van der Waals surface area contributed by atoms with Crippen LogP contribution in [-0.4, -0.2) is 27.5 Å². The number of ether oxygens (including phenoxy) is 1. The highest BCUT2D eigenvalue weighted by Crippen LogP contribution is 2.33. The first kappa shape index (κ1) is 20.0. The molecule has 0 radical (unpaired) electrons. The van der Waals surface area contributed by atoms with Gasteiger partial charge in [-0.15, -0.1) is 22.7 Å². The van der Waals surface area contributed by atoms with Crippen LogP contribution in [0.25, 0.3) is 22.0 Å². The molecule has 0 saturated carbocycles. The number of anilines is 1. The van der Waals surface area contributed by atoms with Crippen molar-refractivity contribution in [2.75, 3.05) is 5.32 Å². The second-order valence-electron chi connectivity index (χ2n) is 6.00. The molecule has 0 aliphatic carbocycles. The number of nitrogens with zero attached hydrogens (tertiary/aromatic N) is 3. The van der Waals surface area contributed by atoms with Gasteiger partial charge in [0.05, 0.1) is 23.5 Å². The molecular formula is C20H14F2N4O2S2. The van der Waals surface area contributed by atoms with Gasteiger partial charge in [0.15, 0.2) is 5.13 Å². The number of amides is 1. The van der Waals surface area contributed by atoms with Gasteiger partial charge in [0, 0.05) is 22.5 Å². The minimum atomic E-state index is -2.93. The first-order valence-electron chi connectivity index (χ1n) is 8.74. The average molecular weight is 444 g/mol. The van der Waals surface area contributed by atoms with E-state index in [9.17, 15) is 13.6 Å². The normalized spacial score (nSPS) is 10.9. The molecule has 30 heavy (non-hydrogen) atoms. The second-order valence-corrected chi connectivity index (χ2v) is 7.71. The summed E-state index contributed by atoms with van der Waals surface area (Å²) >= 11 is 2.62. The highest BCUT2D eigenvalue weighted by molar-refractivity contribution is 7.14. The van der Waals surface area contributed by atoms with Crippen LogP contribution in [0.1, 0.15) is 5.69 Å². The van der Waals surface area contributed by atoms with Gasteiger partial charge < -0.3 is 10.1 Å². The van der Waals surface area contributed by atoms with Crippen LogP contribution in [0, 0.1) is 0 Å². The standard InChI is InChI=1S/C20H14F2N4O2S2/c21-19(22)28-16-7-2-1-5-13(16)15-11-30-20(25-15)26-17(27)9-12-10-29-18(24-12)14-6-3-4-8-23-14/h1-8,10-11,19H,9H2,(H,25,26,27). The third-order valence-corrected chi connectivity index (χ3v) is 5.58. The highest BCUT2D eigenvalue weighted by atomic mass is 32.1. The Kier molecular flexibility index (Phi) is 6.05. The van der Waals surface area contributed by atoms with Gasteiger partial charge in [0.25, 0.3) is 0 Å². The molecule has 0 fully saturated rings. The van der Waals surface area contributed by atoms with Crippen molar-refractivity contribution in [2.45, 2.75) is 13.0 Å². The zero-order valence-electron chi connectivity index (χ0n) is 15.3. The van der Waals surface area contributed by atoms with E-state index in [-0.39, 0.29) is 18.1 Å². The number of nitrogens with one attached hydrogen (secondary N) is 1. The van der Waals surface area contributed by atoms with Gasteiger partial charge in [-0.25, -0.2) is 9.97 Å². The molecule has 0 saturated heterocycles.